The highest BCUT2D eigenvalue weighted by atomic mass is 16.6. The largest absolute Gasteiger partial charge is 0.477 e. The fourth-order valence-corrected chi connectivity index (χ4v) is 3.04. The van der Waals surface area contributed by atoms with E-state index in [2.05, 4.69) is 9.97 Å². The summed E-state index contributed by atoms with van der Waals surface area (Å²) in [5.74, 6) is -1.16. The lowest BCUT2D eigenvalue weighted by molar-refractivity contribution is -0.384. The normalized spacial score (nSPS) is 11.4. The van der Waals surface area contributed by atoms with Gasteiger partial charge in [-0.15, -0.1) is 0 Å². The average molecular weight is 338 g/mol. The third-order valence-corrected chi connectivity index (χ3v) is 4.23. The number of hydrogen-bond donors (Lipinski definition) is 2. The molecule has 0 saturated carbocycles. The van der Waals surface area contributed by atoms with Crippen molar-refractivity contribution >= 4 is 44.5 Å². The van der Waals surface area contributed by atoms with Crippen molar-refractivity contribution in [2.75, 3.05) is 0 Å². The van der Waals surface area contributed by atoms with Gasteiger partial charge in [0.25, 0.3) is 5.69 Å². The van der Waals surface area contributed by atoms with Gasteiger partial charge >= 0.3 is 5.97 Å². The summed E-state index contributed by atoms with van der Waals surface area (Å²) in [6.45, 7) is 0. The van der Waals surface area contributed by atoms with Gasteiger partial charge in [0.15, 0.2) is 0 Å². The first-order valence-electron chi connectivity index (χ1n) is 7.20. The molecular weight excluding hydrogens is 328 g/mol. The molecule has 0 unspecified atom stereocenters. The molecule has 3 heterocycles. The monoisotopic (exact) mass is 338 g/mol. The van der Waals surface area contributed by atoms with Crippen molar-refractivity contribution < 1.29 is 14.8 Å². The summed E-state index contributed by atoms with van der Waals surface area (Å²) in [4.78, 5) is 41.8. The second kappa shape index (κ2) is 4.87. The van der Waals surface area contributed by atoms with E-state index in [1.807, 2.05) is 0 Å². The number of nitro groups is 1. The zero-order chi connectivity index (χ0) is 17.9. The molecule has 4 aromatic rings. The van der Waals surface area contributed by atoms with Crippen LogP contribution in [0.4, 0.5) is 5.69 Å². The van der Waals surface area contributed by atoms with Crippen LogP contribution in [-0.2, 0) is 7.05 Å². The summed E-state index contributed by atoms with van der Waals surface area (Å²) in [5, 5.41) is 20.9. The highest BCUT2D eigenvalue weighted by Crippen LogP contribution is 2.26. The van der Waals surface area contributed by atoms with Crippen LogP contribution in [0.5, 0.6) is 0 Å². The molecule has 0 atom stereocenters. The van der Waals surface area contributed by atoms with Crippen LogP contribution < -0.4 is 5.43 Å². The van der Waals surface area contributed by atoms with E-state index in [0.29, 0.717) is 21.9 Å². The van der Waals surface area contributed by atoms with Gasteiger partial charge in [-0.05, 0) is 12.1 Å². The minimum atomic E-state index is -1.16. The molecule has 0 spiro atoms. The van der Waals surface area contributed by atoms with Crippen molar-refractivity contribution in [3.05, 3.63) is 56.5 Å². The first-order chi connectivity index (χ1) is 11.9. The SMILES string of the molecule is Cn1c(C(=O)O)cc2[nH]c3c(cnc4ccc([N+](=O)[O-])cc43)c(=O)c21. The lowest BCUT2D eigenvalue weighted by atomic mass is 10.1. The van der Waals surface area contributed by atoms with Gasteiger partial charge in [0.05, 0.1) is 26.9 Å². The van der Waals surface area contributed by atoms with Crippen LogP contribution >= 0.6 is 0 Å². The molecule has 2 N–H and O–H groups in total. The maximum Gasteiger partial charge on any atom is 0.352 e. The molecular formula is C16H10N4O5. The number of nitrogens with one attached hydrogen (secondary N) is 1. The fraction of sp³-hybridized carbons (Fsp3) is 0.0625. The number of rotatable bonds is 2. The van der Waals surface area contributed by atoms with Crippen molar-refractivity contribution in [2.24, 2.45) is 7.05 Å². The van der Waals surface area contributed by atoms with Crippen LogP contribution in [0.1, 0.15) is 10.5 Å². The first kappa shape index (κ1) is 14.8. The molecule has 0 saturated heterocycles. The smallest absolute Gasteiger partial charge is 0.352 e. The van der Waals surface area contributed by atoms with Gasteiger partial charge < -0.3 is 14.7 Å². The Kier molecular flexibility index (Phi) is 2.89. The number of non-ortho nitro benzene ring substituents is 1. The van der Waals surface area contributed by atoms with Crippen LogP contribution in [0.15, 0.2) is 35.3 Å². The molecule has 0 aliphatic carbocycles. The number of aromatic amines is 1. The third-order valence-electron chi connectivity index (χ3n) is 4.23. The van der Waals surface area contributed by atoms with Crippen LogP contribution in [-0.4, -0.2) is 30.5 Å². The van der Waals surface area contributed by atoms with Gasteiger partial charge in [-0.25, -0.2) is 4.79 Å². The summed E-state index contributed by atoms with van der Waals surface area (Å²) in [5.41, 5.74) is 0.868. The second-order valence-electron chi connectivity index (χ2n) is 5.62. The molecule has 0 radical (unpaired) electrons. The van der Waals surface area contributed by atoms with Crippen LogP contribution in [0.3, 0.4) is 0 Å². The summed E-state index contributed by atoms with van der Waals surface area (Å²) in [6.07, 6.45) is 1.38. The van der Waals surface area contributed by atoms with Crippen molar-refractivity contribution in [3.63, 3.8) is 0 Å². The van der Waals surface area contributed by atoms with Crippen molar-refractivity contribution in [1.82, 2.24) is 14.5 Å². The Morgan fingerprint density at radius 1 is 1.32 bits per heavy atom. The van der Waals surface area contributed by atoms with Crippen molar-refractivity contribution in [3.8, 4) is 0 Å². The summed E-state index contributed by atoms with van der Waals surface area (Å²) in [7, 11) is 1.49. The predicted octanol–water partition coefficient (Wildman–Crippen LogP) is 2.17. The Hall–Kier alpha value is -3.75. The highest BCUT2D eigenvalue weighted by Gasteiger charge is 2.18. The number of carboxylic acids is 1. The van der Waals surface area contributed by atoms with E-state index in [9.17, 15) is 24.8 Å². The number of fused-ring (bicyclic) bond motifs is 4. The van der Waals surface area contributed by atoms with E-state index < -0.39 is 10.9 Å². The van der Waals surface area contributed by atoms with E-state index in [-0.39, 0.29) is 27.7 Å². The Morgan fingerprint density at radius 2 is 2.08 bits per heavy atom. The molecule has 0 aliphatic heterocycles. The van der Waals surface area contributed by atoms with E-state index in [1.165, 1.54) is 42.1 Å². The number of aromatic nitrogens is 3. The number of H-pyrrole nitrogens is 1. The van der Waals surface area contributed by atoms with Crippen molar-refractivity contribution in [2.45, 2.75) is 0 Å². The number of benzene rings is 1. The van der Waals surface area contributed by atoms with Gasteiger partial charge in [0.1, 0.15) is 11.2 Å². The zero-order valence-corrected chi connectivity index (χ0v) is 12.8. The maximum absolute atomic E-state index is 12.8. The number of pyridine rings is 2. The van der Waals surface area contributed by atoms with E-state index in [0.717, 1.165) is 0 Å². The molecule has 1 aromatic carbocycles. The molecule has 25 heavy (non-hydrogen) atoms. The van der Waals surface area contributed by atoms with Crippen LogP contribution in [0.25, 0.3) is 32.8 Å². The van der Waals surface area contributed by atoms with Gasteiger partial charge in [0, 0.05) is 30.8 Å². The summed E-state index contributed by atoms with van der Waals surface area (Å²) in [6, 6.07) is 5.54. The summed E-state index contributed by atoms with van der Waals surface area (Å²) < 4.78 is 1.30. The van der Waals surface area contributed by atoms with Gasteiger partial charge in [-0.2, -0.15) is 0 Å². The molecule has 9 heteroatoms. The molecule has 3 aromatic heterocycles. The standard InChI is InChI=1S/C16H10N4O5/c1-19-12(16(22)23)5-11-14(19)15(21)9-6-17-10-3-2-7(20(24)25)4-8(10)13(9)18-11/h2-6H,1H3,(H,18,21)(H,22,23). The highest BCUT2D eigenvalue weighted by molar-refractivity contribution is 6.07. The number of carbonyl (C=O) groups is 1. The number of aryl methyl sites for hydroxylation is 1. The number of nitro benzene ring substituents is 1. The molecule has 0 aliphatic rings. The molecule has 0 amide bonds. The lowest BCUT2D eigenvalue weighted by Gasteiger charge is -2.05. The number of carboxylic acid groups (broad SMARTS) is 1. The molecule has 0 fully saturated rings. The Bertz CT molecular complexity index is 1280. The summed E-state index contributed by atoms with van der Waals surface area (Å²) >= 11 is 0. The topological polar surface area (TPSA) is 131 Å². The minimum Gasteiger partial charge on any atom is -0.477 e. The van der Waals surface area contributed by atoms with Gasteiger partial charge in [-0.3, -0.25) is 19.9 Å². The number of aromatic carboxylic acids is 1. The van der Waals surface area contributed by atoms with E-state index in [1.54, 1.807) is 0 Å². The zero-order valence-electron chi connectivity index (χ0n) is 12.8. The van der Waals surface area contributed by atoms with Gasteiger partial charge in [0.2, 0.25) is 5.43 Å². The average Bonchev–Trinajstić information content (AvgIpc) is 2.91. The Balaban J connectivity index is 2.21. The third kappa shape index (κ3) is 1.99. The van der Waals surface area contributed by atoms with Crippen LogP contribution in [0.2, 0.25) is 0 Å². The van der Waals surface area contributed by atoms with Crippen molar-refractivity contribution in [1.29, 1.82) is 0 Å². The maximum atomic E-state index is 12.8. The molecule has 9 nitrogen and oxygen atoms in total. The lowest BCUT2D eigenvalue weighted by Crippen LogP contribution is -2.11. The van der Waals surface area contributed by atoms with Crippen LogP contribution in [0, 0.1) is 10.1 Å². The van der Waals surface area contributed by atoms with E-state index in [4.69, 9.17) is 0 Å². The minimum absolute atomic E-state index is 0.0399. The predicted molar refractivity (Wildman–Crippen MR) is 90.0 cm³/mol. The van der Waals surface area contributed by atoms with E-state index >= 15 is 0 Å². The first-order valence-corrected chi connectivity index (χ1v) is 7.20. The fourth-order valence-electron chi connectivity index (χ4n) is 3.04. The molecule has 0 bridgehead atoms. The Morgan fingerprint density at radius 3 is 2.76 bits per heavy atom. The number of hydrogen-bond acceptors (Lipinski definition) is 5. The Labute approximate surface area is 138 Å². The molecule has 4 rings (SSSR count). The second-order valence-corrected chi connectivity index (χ2v) is 5.62. The van der Waals surface area contributed by atoms with Gasteiger partial charge in [-0.1, -0.05) is 0 Å². The quantitative estimate of drug-likeness (QED) is 0.327. The number of nitrogens with zero attached hydrogens (tertiary/aromatic N) is 3. The molecule has 124 valence electrons.